The van der Waals surface area contributed by atoms with E-state index in [-0.39, 0.29) is 17.0 Å². The molecule has 0 amide bonds. The standard InChI is InChI=1S/C14H17F4NO2/c1-8-4-5-11(20)9(6-8)10(19-3)7-13(2,21)14(17,18)12(15)16/h4-6,12,20-21H,7H2,1-3H3. The highest BCUT2D eigenvalue weighted by molar-refractivity contribution is 6.03. The van der Waals surface area contributed by atoms with Gasteiger partial charge in [0.05, 0.1) is 0 Å². The second-order valence-corrected chi connectivity index (χ2v) is 5.07. The van der Waals surface area contributed by atoms with E-state index in [1.54, 1.807) is 13.0 Å². The van der Waals surface area contributed by atoms with E-state index in [0.717, 1.165) is 5.56 Å². The molecule has 21 heavy (non-hydrogen) atoms. The zero-order valence-corrected chi connectivity index (χ0v) is 11.9. The summed E-state index contributed by atoms with van der Waals surface area (Å²) in [5, 5.41) is 19.5. The normalized spacial score (nSPS) is 16.1. The number of nitrogens with zero attached hydrogens (tertiary/aromatic N) is 1. The average molecular weight is 307 g/mol. The fourth-order valence-corrected chi connectivity index (χ4v) is 1.85. The van der Waals surface area contributed by atoms with Crippen molar-refractivity contribution in [1.82, 2.24) is 0 Å². The van der Waals surface area contributed by atoms with E-state index < -0.39 is 24.4 Å². The highest BCUT2D eigenvalue weighted by atomic mass is 19.3. The van der Waals surface area contributed by atoms with Crippen LogP contribution in [0.25, 0.3) is 0 Å². The van der Waals surface area contributed by atoms with Crippen LogP contribution in [0.4, 0.5) is 17.6 Å². The third-order valence-electron chi connectivity index (χ3n) is 3.24. The summed E-state index contributed by atoms with van der Waals surface area (Å²) in [6.07, 6.45) is -4.82. The van der Waals surface area contributed by atoms with E-state index in [4.69, 9.17) is 0 Å². The first-order valence-corrected chi connectivity index (χ1v) is 6.17. The number of phenolic OH excluding ortho intramolecular Hbond substituents is 1. The van der Waals surface area contributed by atoms with E-state index in [2.05, 4.69) is 4.99 Å². The molecule has 2 N–H and O–H groups in total. The lowest BCUT2D eigenvalue weighted by Gasteiger charge is -2.32. The number of aromatic hydroxyl groups is 1. The Labute approximate surface area is 119 Å². The van der Waals surface area contributed by atoms with Gasteiger partial charge in [-0.05, 0) is 26.0 Å². The van der Waals surface area contributed by atoms with Crippen LogP contribution in [0.1, 0.15) is 24.5 Å². The molecule has 0 aliphatic heterocycles. The Morgan fingerprint density at radius 2 is 1.90 bits per heavy atom. The fraction of sp³-hybridized carbons (Fsp3) is 0.500. The summed E-state index contributed by atoms with van der Waals surface area (Å²) in [5.74, 6) is -4.82. The van der Waals surface area contributed by atoms with Crippen molar-refractivity contribution in [3.63, 3.8) is 0 Å². The van der Waals surface area contributed by atoms with E-state index in [1.165, 1.54) is 19.2 Å². The lowest BCUT2D eigenvalue weighted by molar-refractivity contribution is -0.232. The Morgan fingerprint density at radius 3 is 2.38 bits per heavy atom. The number of benzene rings is 1. The first kappa shape index (κ1) is 17.4. The molecule has 0 aromatic heterocycles. The number of hydrogen-bond donors (Lipinski definition) is 2. The molecular formula is C14H17F4NO2. The lowest BCUT2D eigenvalue weighted by Crippen LogP contribution is -2.51. The van der Waals surface area contributed by atoms with Gasteiger partial charge in [0.1, 0.15) is 11.4 Å². The van der Waals surface area contributed by atoms with Crippen LogP contribution in [0.2, 0.25) is 0 Å². The van der Waals surface area contributed by atoms with Crippen molar-refractivity contribution in [3.05, 3.63) is 29.3 Å². The molecule has 1 aromatic carbocycles. The summed E-state index contributed by atoms with van der Waals surface area (Å²) >= 11 is 0. The molecule has 1 atom stereocenters. The van der Waals surface area contributed by atoms with Gasteiger partial charge >= 0.3 is 12.3 Å². The van der Waals surface area contributed by atoms with Crippen LogP contribution in [0, 0.1) is 6.92 Å². The molecule has 1 unspecified atom stereocenters. The molecule has 0 spiro atoms. The van der Waals surface area contributed by atoms with Crippen molar-refractivity contribution in [2.75, 3.05) is 7.05 Å². The molecule has 0 saturated carbocycles. The molecule has 7 heteroatoms. The number of aryl methyl sites for hydroxylation is 1. The first-order valence-electron chi connectivity index (χ1n) is 6.17. The van der Waals surface area contributed by atoms with Crippen molar-refractivity contribution < 1.29 is 27.8 Å². The predicted octanol–water partition coefficient (Wildman–Crippen LogP) is 3.16. The van der Waals surface area contributed by atoms with E-state index in [1.807, 2.05) is 0 Å². The van der Waals surface area contributed by atoms with Crippen LogP contribution in [-0.2, 0) is 0 Å². The predicted molar refractivity (Wildman–Crippen MR) is 71.5 cm³/mol. The Bertz CT molecular complexity index is 542. The van der Waals surface area contributed by atoms with Gasteiger partial charge in [-0.15, -0.1) is 0 Å². The monoisotopic (exact) mass is 307 g/mol. The molecule has 0 saturated heterocycles. The van der Waals surface area contributed by atoms with Crippen LogP contribution < -0.4 is 0 Å². The van der Waals surface area contributed by atoms with Gasteiger partial charge in [0, 0.05) is 24.7 Å². The van der Waals surface area contributed by atoms with Gasteiger partial charge < -0.3 is 10.2 Å². The van der Waals surface area contributed by atoms with E-state index in [9.17, 15) is 27.8 Å². The maximum atomic E-state index is 13.4. The minimum Gasteiger partial charge on any atom is -0.507 e. The summed E-state index contributed by atoms with van der Waals surface area (Å²) in [7, 11) is 1.27. The maximum Gasteiger partial charge on any atom is 0.335 e. The van der Waals surface area contributed by atoms with Crippen molar-refractivity contribution in [3.8, 4) is 5.75 Å². The van der Waals surface area contributed by atoms with Gasteiger partial charge in [0.25, 0.3) is 0 Å². The second-order valence-electron chi connectivity index (χ2n) is 5.07. The maximum absolute atomic E-state index is 13.4. The number of rotatable bonds is 5. The fourth-order valence-electron chi connectivity index (χ4n) is 1.85. The topological polar surface area (TPSA) is 52.8 Å². The number of phenols is 1. The van der Waals surface area contributed by atoms with E-state index in [0.29, 0.717) is 6.92 Å². The third-order valence-corrected chi connectivity index (χ3v) is 3.24. The zero-order chi connectivity index (χ0) is 16.4. The van der Waals surface area contributed by atoms with Gasteiger partial charge in [0.2, 0.25) is 0 Å². The number of aliphatic hydroxyl groups is 1. The quantitative estimate of drug-likeness (QED) is 0.648. The molecule has 0 bridgehead atoms. The molecule has 3 nitrogen and oxygen atoms in total. The van der Waals surface area contributed by atoms with Gasteiger partial charge in [-0.1, -0.05) is 11.6 Å². The minimum absolute atomic E-state index is 0.0819. The molecule has 0 heterocycles. The Hall–Kier alpha value is -1.63. The molecule has 0 aliphatic carbocycles. The molecular weight excluding hydrogens is 290 g/mol. The smallest absolute Gasteiger partial charge is 0.335 e. The number of halogens is 4. The van der Waals surface area contributed by atoms with Crippen molar-refractivity contribution >= 4 is 5.71 Å². The van der Waals surface area contributed by atoms with Crippen molar-refractivity contribution in [1.29, 1.82) is 0 Å². The summed E-state index contributed by atoms with van der Waals surface area (Å²) < 4.78 is 51.6. The summed E-state index contributed by atoms with van der Waals surface area (Å²) in [5.41, 5.74) is -2.22. The van der Waals surface area contributed by atoms with Crippen LogP contribution in [0.5, 0.6) is 5.75 Å². The molecule has 118 valence electrons. The average Bonchev–Trinajstić information content (AvgIpc) is 2.38. The van der Waals surface area contributed by atoms with E-state index >= 15 is 0 Å². The third kappa shape index (κ3) is 3.53. The summed E-state index contributed by atoms with van der Waals surface area (Å²) in [6, 6.07) is 4.42. The first-order chi connectivity index (χ1) is 9.52. The van der Waals surface area contributed by atoms with Crippen LogP contribution in [-0.4, -0.2) is 40.9 Å². The largest absolute Gasteiger partial charge is 0.507 e. The van der Waals surface area contributed by atoms with Gasteiger partial charge in [-0.25, -0.2) is 8.78 Å². The highest BCUT2D eigenvalue weighted by Crippen LogP contribution is 2.38. The van der Waals surface area contributed by atoms with Crippen LogP contribution in [0.3, 0.4) is 0 Å². The number of hydrogen-bond acceptors (Lipinski definition) is 3. The van der Waals surface area contributed by atoms with Crippen LogP contribution in [0.15, 0.2) is 23.2 Å². The second kappa shape index (κ2) is 6.01. The SMILES string of the molecule is CN=C(CC(C)(O)C(F)(F)C(F)F)c1cc(C)ccc1O. The molecule has 0 fully saturated rings. The van der Waals surface area contributed by atoms with Gasteiger partial charge in [-0.2, -0.15) is 8.78 Å². The van der Waals surface area contributed by atoms with Crippen molar-refractivity contribution in [2.24, 2.45) is 4.99 Å². The molecule has 1 aromatic rings. The zero-order valence-electron chi connectivity index (χ0n) is 11.9. The lowest BCUT2D eigenvalue weighted by atomic mass is 9.88. The molecule has 1 rings (SSSR count). The Balaban J connectivity index is 3.17. The van der Waals surface area contributed by atoms with Crippen molar-refractivity contribution in [2.45, 2.75) is 38.2 Å². The Kier molecular flexibility index (Phi) is 4.99. The van der Waals surface area contributed by atoms with Crippen LogP contribution >= 0.6 is 0 Å². The number of alkyl halides is 4. The molecule has 0 radical (unpaired) electrons. The Morgan fingerprint density at radius 1 is 1.33 bits per heavy atom. The molecule has 0 aliphatic rings. The number of aliphatic imine (C=N–C) groups is 1. The summed E-state index contributed by atoms with van der Waals surface area (Å²) in [4.78, 5) is 3.74. The highest BCUT2D eigenvalue weighted by Gasteiger charge is 2.56. The summed E-state index contributed by atoms with van der Waals surface area (Å²) in [6.45, 7) is 2.33. The van der Waals surface area contributed by atoms with Gasteiger partial charge in [0.15, 0.2) is 0 Å². The van der Waals surface area contributed by atoms with Gasteiger partial charge in [-0.3, -0.25) is 4.99 Å². The minimum atomic E-state index is -4.59.